The van der Waals surface area contributed by atoms with Crippen molar-refractivity contribution in [3.8, 4) is 0 Å². The van der Waals surface area contributed by atoms with Gasteiger partial charge in [-0.25, -0.2) is 8.42 Å². The second-order valence-corrected chi connectivity index (χ2v) is 11.5. The van der Waals surface area contributed by atoms with Crippen LogP contribution in [0.2, 0.25) is 0 Å². The molecule has 1 aliphatic heterocycles. The number of nitrogens with zero attached hydrogens (tertiary/aromatic N) is 4. The van der Waals surface area contributed by atoms with E-state index in [9.17, 15) is 13.2 Å². The average Bonchev–Trinajstić information content (AvgIpc) is 3.29. The van der Waals surface area contributed by atoms with Crippen LogP contribution in [-0.2, 0) is 25.8 Å². The second kappa shape index (κ2) is 8.01. The first-order valence-corrected chi connectivity index (χ1v) is 11.8. The molecule has 31 heavy (non-hydrogen) atoms. The molecule has 2 aromatic heterocycles. The van der Waals surface area contributed by atoms with E-state index < -0.39 is 15.6 Å². The number of aromatic nitrogens is 3. The highest BCUT2D eigenvalue weighted by molar-refractivity contribution is 7.89. The van der Waals surface area contributed by atoms with Gasteiger partial charge in [0.2, 0.25) is 21.8 Å². The third-order valence-electron chi connectivity index (χ3n) is 5.45. The molecule has 0 saturated carbocycles. The first kappa shape index (κ1) is 23.4. The molecule has 11 heteroatoms. The lowest BCUT2D eigenvalue weighted by Crippen LogP contribution is -2.48. The van der Waals surface area contributed by atoms with Crippen molar-refractivity contribution in [2.75, 3.05) is 13.1 Å². The van der Waals surface area contributed by atoms with Gasteiger partial charge in [-0.3, -0.25) is 4.79 Å². The quantitative estimate of drug-likeness (QED) is 0.730. The maximum atomic E-state index is 13.0. The predicted molar refractivity (Wildman–Crippen MR) is 112 cm³/mol. The summed E-state index contributed by atoms with van der Waals surface area (Å²) in [5, 5.41) is 10.8. The number of aryl methyl sites for hydroxylation is 2. The summed E-state index contributed by atoms with van der Waals surface area (Å²) in [6, 6.07) is 0. The minimum absolute atomic E-state index is 0.114. The Morgan fingerprint density at radius 1 is 1.06 bits per heavy atom. The summed E-state index contributed by atoms with van der Waals surface area (Å²) in [5.41, 5.74) is -0.761. The van der Waals surface area contributed by atoms with Crippen molar-refractivity contribution < 1.29 is 22.3 Å². The molecule has 0 aliphatic carbocycles. The summed E-state index contributed by atoms with van der Waals surface area (Å²) in [7, 11) is -3.71. The first-order valence-electron chi connectivity index (χ1n) is 10.3. The normalized spacial score (nSPS) is 17.1. The minimum atomic E-state index is -3.71. The molecule has 0 bridgehead atoms. The van der Waals surface area contributed by atoms with Gasteiger partial charge < -0.3 is 14.4 Å². The second-order valence-electron chi connectivity index (χ2n) is 9.62. The van der Waals surface area contributed by atoms with Crippen molar-refractivity contribution in [3.63, 3.8) is 0 Å². The lowest BCUT2D eigenvalue weighted by Gasteiger charge is -2.32. The molecule has 1 saturated heterocycles. The molecule has 1 amide bonds. The summed E-state index contributed by atoms with van der Waals surface area (Å²) in [6.07, 6.45) is 0.841. The molecule has 3 rings (SSSR count). The fraction of sp³-hybridized carbons (Fsp3) is 0.700. The predicted octanol–water partition coefficient (Wildman–Crippen LogP) is 2.42. The summed E-state index contributed by atoms with van der Waals surface area (Å²) in [6.45, 7) is 13.2. The zero-order chi connectivity index (χ0) is 23.2. The number of hydrogen-bond donors (Lipinski definition) is 1. The Morgan fingerprint density at radius 3 is 2.16 bits per heavy atom. The average molecular weight is 454 g/mol. The number of rotatable bonds is 5. The van der Waals surface area contributed by atoms with Crippen molar-refractivity contribution in [1.82, 2.24) is 24.9 Å². The highest BCUT2D eigenvalue weighted by Crippen LogP contribution is 2.29. The van der Waals surface area contributed by atoms with Gasteiger partial charge in [-0.1, -0.05) is 31.1 Å². The Kier molecular flexibility index (Phi) is 6.05. The summed E-state index contributed by atoms with van der Waals surface area (Å²) in [5.74, 6) is 0.728. The third kappa shape index (κ3) is 4.67. The van der Waals surface area contributed by atoms with Gasteiger partial charge in [-0.2, -0.15) is 9.29 Å². The molecule has 0 aromatic carbocycles. The fourth-order valence-electron chi connectivity index (χ4n) is 3.58. The van der Waals surface area contributed by atoms with E-state index in [1.54, 1.807) is 13.8 Å². The molecule has 172 valence electrons. The van der Waals surface area contributed by atoms with Crippen molar-refractivity contribution in [2.24, 2.45) is 5.92 Å². The Balaban J connectivity index is 1.64. The largest absolute Gasteiger partial charge is 0.360 e. The van der Waals surface area contributed by atoms with Crippen LogP contribution in [0.15, 0.2) is 13.9 Å². The van der Waals surface area contributed by atoms with Gasteiger partial charge >= 0.3 is 0 Å². The van der Waals surface area contributed by atoms with Crippen LogP contribution in [0.5, 0.6) is 0 Å². The van der Waals surface area contributed by atoms with Gasteiger partial charge in [-0.15, -0.1) is 0 Å². The van der Waals surface area contributed by atoms with E-state index in [2.05, 4.69) is 20.6 Å². The minimum Gasteiger partial charge on any atom is -0.360 e. The summed E-state index contributed by atoms with van der Waals surface area (Å²) < 4.78 is 37.7. The maximum Gasteiger partial charge on any atom is 0.248 e. The van der Waals surface area contributed by atoms with Crippen LogP contribution < -0.4 is 5.32 Å². The topological polar surface area (TPSA) is 131 Å². The first-order chi connectivity index (χ1) is 14.2. The van der Waals surface area contributed by atoms with Gasteiger partial charge in [0.15, 0.2) is 11.6 Å². The molecular formula is C20H31N5O5S. The SMILES string of the molecule is Cc1noc(C)c1S(=O)(=O)N1CCC(C(=O)NC(C)(C)c2noc(C(C)(C)C)n2)CC1. The van der Waals surface area contributed by atoms with E-state index >= 15 is 0 Å². The Bertz CT molecular complexity index is 1040. The molecule has 0 atom stereocenters. The van der Waals surface area contributed by atoms with E-state index in [0.29, 0.717) is 30.3 Å². The molecule has 1 N–H and O–H groups in total. The number of amides is 1. The van der Waals surface area contributed by atoms with Gasteiger partial charge in [0.1, 0.15) is 10.6 Å². The molecule has 3 heterocycles. The van der Waals surface area contributed by atoms with Crippen molar-refractivity contribution in [2.45, 2.75) is 77.2 Å². The molecule has 0 spiro atoms. The fourth-order valence-corrected chi connectivity index (χ4v) is 5.34. The van der Waals surface area contributed by atoms with Gasteiger partial charge in [0.25, 0.3) is 0 Å². The number of nitrogens with one attached hydrogen (secondary N) is 1. The van der Waals surface area contributed by atoms with Gasteiger partial charge in [0, 0.05) is 24.4 Å². The lowest BCUT2D eigenvalue weighted by atomic mass is 9.94. The number of carbonyl (C=O) groups excluding carboxylic acids is 1. The van der Waals surface area contributed by atoms with Crippen LogP contribution in [0.4, 0.5) is 0 Å². The third-order valence-corrected chi connectivity index (χ3v) is 7.60. The highest BCUT2D eigenvalue weighted by atomic mass is 32.2. The molecule has 0 unspecified atom stereocenters. The zero-order valence-corrected chi connectivity index (χ0v) is 20.0. The van der Waals surface area contributed by atoms with Gasteiger partial charge in [0.05, 0.1) is 5.54 Å². The zero-order valence-electron chi connectivity index (χ0n) is 19.1. The molecule has 1 fully saturated rings. The monoisotopic (exact) mass is 453 g/mol. The van der Waals surface area contributed by atoms with Crippen LogP contribution in [0, 0.1) is 19.8 Å². The van der Waals surface area contributed by atoms with Gasteiger partial charge in [-0.05, 0) is 40.5 Å². The van der Waals surface area contributed by atoms with Crippen LogP contribution in [0.3, 0.4) is 0 Å². The van der Waals surface area contributed by atoms with Crippen molar-refractivity contribution >= 4 is 15.9 Å². The van der Waals surface area contributed by atoms with E-state index in [-0.39, 0.29) is 41.0 Å². The van der Waals surface area contributed by atoms with Crippen LogP contribution in [0.25, 0.3) is 0 Å². The van der Waals surface area contributed by atoms with E-state index in [0.717, 1.165) is 0 Å². The standard InChI is InChI=1S/C20H31N5O5S/c1-12-15(13(2)29-23-12)31(27,28)25-10-8-14(9-11-25)16(26)22-20(6,7)17-21-18(30-24-17)19(3,4)5/h14H,8-11H2,1-7H3,(H,22,26). The van der Waals surface area contributed by atoms with Crippen molar-refractivity contribution in [1.29, 1.82) is 0 Å². The summed E-state index contributed by atoms with van der Waals surface area (Å²) >= 11 is 0. The Hall–Kier alpha value is -2.27. The molecule has 1 aliphatic rings. The van der Waals surface area contributed by atoms with Crippen LogP contribution in [-0.4, -0.2) is 47.0 Å². The molecule has 2 aromatic rings. The number of hydrogen-bond acceptors (Lipinski definition) is 8. The molecular weight excluding hydrogens is 422 g/mol. The van der Waals surface area contributed by atoms with Crippen molar-refractivity contribution in [3.05, 3.63) is 23.2 Å². The van der Waals surface area contributed by atoms with E-state index in [1.807, 2.05) is 34.6 Å². The summed E-state index contributed by atoms with van der Waals surface area (Å²) in [4.78, 5) is 17.5. The maximum absolute atomic E-state index is 13.0. The smallest absolute Gasteiger partial charge is 0.248 e. The number of sulfonamides is 1. The molecule has 0 radical (unpaired) electrons. The van der Waals surface area contributed by atoms with Crippen LogP contribution in [0.1, 0.15) is 70.6 Å². The van der Waals surface area contributed by atoms with E-state index in [1.165, 1.54) is 4.31 Å². The van der Waals surface area contributed by atoms with Crippen LogP contribution >= 0.6 is 0 Å². The highest BCUT2D eigenvalue weighted by Gasteiger charge is 2.38. The Morgan fingerprint density at radius 2 is 1.68 bits per heavy atom. The molecule has 10 nitrogen and oxygen atoms in total. The lowest BCUT2D eigenvalue weighted by molar-refractivity contribution is -0.128. The van der Waals surface area contributed by atoms with E-state index in [4.69, 9.17) is 9.05 Å². The Labute approximate surface area is 182 Å². The number of carbonyl (C=O) groups is 1. The number of piperidine rings is 1.